The van der Waals surface area contributed by atoms with Gasteiger partial charge in [0, 0.05) is 24.5 Å². The highest BCUT2D eigenvalue weighted by atomic mass is 19.1. The van der Waals surface area contributed by atoms with Gasteiger partial charge in [0.25, 0.3) is 0 Å². The Morgan fingerprint density at radius 1 is 1.10 bits per heavy atom. The number of para-hydroxylation sites is 1. The van der Waals surface area contributed by atoms with E-state index in [2.05, 4.69) is 10.5 Å². The summed E-state index contributed by atoms with van der Waals surface area (Å²) in [5.74, 6) is 1.01. The minimum Gasteiger partial charge on any atom is -0.492 e. The van der Waals surface area contributed by atoms with E-state index >= 15 is 0 Å². The minimum atomic E-state index is -0.762. The van der Waals surface area contributed by atoms with Gasteiger partial charge in [-0.05, 0) is 36.4 Å². The summed E-state index contributed by atoms with van der Waals surface area (Å²) in [7, 11) is 0. The molecule has 1 atom stereocenters. The van der Waals surface area contributed by atoms with Crippen molar-refractivity contribution >= 4 is 11.0 Å². The first-order valence-electron chi connectivity index (χ1n) is 9.52. The zero-order chi connectivity index (χ0) is 20.8. The van der Waals surface area contributed by atoms with E-state index in [1.165, 1.54) is 18.4 Å². The number of aliphatic hydroxyl groups is 1. The molecule has 0 fully saturated rings. The monoisotopic (exact) mass is 412 g/mol. The second-order valence-electron chi connectivity index (χ2n) is 6.64. The van der Waals surface area contributed by atoms with E-state index in [9.17, 15) is 9.50 Å². The Morgan fingerprint density at radius 2 is 2.00 bits per heavy atom. The van der Waals surface area contributed by atoms with Crippen molar-refractivity contribution in [1.29, 1.82) is 0 Å². The third-order valence-electron chi connectivity index (χ3n) is 4.37. The molecule has 156 valence electrons. The van der Waals surface area contributed by atoms with E-state index in [0.717, 1.165) is 11.0 Å². The SMILES string of the molecule is O[C@@H](CNCCOc1ccc2oc(-c3ccon3)cc2c1)COc1ccccc1F. The van der Waals surface area contributed by atoms with Crippen molar-refractivity contribution in [2.24, 2.45) is 0 Å². The molecule has 2 aromatic carbocycles. The molecule has 2 N–H and O–H groups in total. The van der Waals surface area contributed by atoms with Crippen molar-refractivity contribution in [2.75, 3.05) is 26.3 Å². The molecule has 2 heterocycles. The summed E-state index contributed by atoms with van der Waals surface area (Å²) in [5.41, 5.74) is 1.37. The molecule has 0 aliphatic carbocycles. The molecule has 0 radical (unpaired) electrons. The Balaban J connectivity index is 1.19. The second kappa shape index (κ2) is 9.43. The number of aliphatic hydroxyl groups excluding tert-OH is 1. The quantitative estimate of drug-likeness (QED) is 0.385. The van der Waals surface area contributed by atoms with Crippen LogP contribution in [0.2, 0.25) is 0 Å². The summed E-state index contributed by atoms with van der Waals surface area (Å²) in [5, 5.41) is 17.8. The van der Waals surface area contributed by atoms with Gasteiger partial charge in [0.1, 0.15) is 42.6 Å². The lowest BCUT2D eigenvalue weighted by Gasteiger charge is -2.14. The Bertz CT molecular complexity index is 1080. The molecule has 4 rings (SSSR count). The minimum absolute atomic E-state index is 0.000198. The summed E-state index contributed by atoms with van der Waals surface area (Å²) in [4.78, 5) is 0. The van der Waals surface area contributed by atoms with Crippen LogP contribution in [0.15, 0.2) is 69.8 Å². The zero-order valence-corrected chi connectivity index (χ0v) is 16.1. The Labute approximate surface area is 172 Å². The summed E-state index contributed by atoms with van der Waals surface area (Å²) in [6, 6.07) is 15.3. The molecule has 0 bridgehead atoms. The van der Waals surface area contributed by atoms with Gasteiger partial charge in [0.2, 0.25) is 0 Å². The van der Waals surface area contributed by atoms with Crippen LogP contribution in [0, 0.1) is 5.82 Å². The average molecular weight is 412 g/mol. The highest BCUT2D eigenvalue weighted by Crippen LogP contribution is 2.29. The normalized spacial score (nSPS) is 12.2. The standard InChI is InChI=1S/C22H21FN2O5/c23-18-3-1-2-4-21(18)28-14-16(26)13-24-8-10-27-17-5-6-20-15(11-17)12-22(30-20)19-7-9-29-25-19/h1-7,9,11-12,16,24,26H,8,10,13-14H2/t16-/m0/s1. The number of ether oxygens (including phenoxy) is 2. The van der Waals surface area contributed by atoms with Crippen molar-refractivity contribution in [1.82, 2.24) is 10.5 Å². The first-order valence-corrected chi connectivity index (χ1v) is 9.52. The molecule has 0 amide bonds. The topological polar surface area (TPSA) is 89.9 Å². The van der Waals surface area contributed by atoms with Gasteiger partial charge in [-0.2, -0.15) is 0 Å². The molecule has 0 spiro atoms. The van der Waals surface area contributed by atoms with Crippen LogP contribution < -0.4 is 14.8 Å². The molecule has 0 saturated carbocycles. The lowest BCUT2D eigenvalue weighted by molar-refractivity contribution is 0.103. The molecule has 0 aliphatic rings. The van der Waals surface area contributed by atoms with Gasteiger partial charge in [0.15, 0.2) is 17.3 Å². The molecule has 4 aromatic rings. The van der Waals surface area contributed by atoms with Crippen LogP contribution in [-0.2, 0) is 0 Å². The summed E-state index contributed by atoms with van der Waals surface area (Å²) >= 11 is 0. The number of aromatic nitrogens is 1. The summed E-state index contributed by atoms with van der Waals surface area (Å²) in [6.45, 7) is 1.25. The number of fused-ring (bicyclic) bond motifs is 1. The number of benzene rings is 2. The summed E-state index contributed by atoms with van der Waals surface area (Å²) in [6.07, 6.45) is 0.731. The van der Waals surface area contributed by atoms with Crippen LogP contribution >= 0.6 is 0 Å². The van der Waals surface area contributed by atoms with Gasteiger partial charge in [-0.15, -0.1) is 0 Å². The van der Waals surface area contributed by atoms with Crippen LogP contribution in [0.1, 0.15) is 0 Å². The van der Waals surface area contributed by atoms with Crippen LogP contribution in [0.25, 0.3) is 22.4 Å². The van der Waals surface area contributed by atoms with E-state index in [1.807, 2.05) is 24.3 Å². The average Bonchev–Trinajstić information content (AvgIpc) is 3.42. The number of hydrogen-bond acceptors (Lipinski definition) is 7. The predicted molar refractivity (Wildman–Crippen MR) is 108 cm³/mol. The molecule has 0 aliphatic heterocycles. The fraction of sp³-hybridized carbons (Fsp3) is 0.227. The van der Waals surface area contributed by atoms with Crippen molar-refractivity contribution in [2.45, 2.75) is 6.10 Å². The van der Waals surface area contributed by atoms with E-state index in [1.54, 1.807) is 18.2 Å². The second-order valence-corrected chi connectivity index (χ2v) is 6.64. The Hall–Kier alpha value is -3.36. The maximum Gasteiger partial charge on any atom is 0.165 e. The zero-order valence-electron chi connectivity index (χ0n) is 16.1. The van der Waals surface area contributed by atoms with Crippen LogP contribution in [-0.4, -0.2) is 42.7 Å². The molecule has 8 heteroatoms. The van der Waals surface area contributed by atoms with Crippen LogP contribution in [0.5, 0.6) is 11.5 Å². The predicted octanol–water partition coefficient (Wildman–Crippen LogP) is 3.64. The van der Waals surface area contributed by atoms with E-state index < -0.39 is 11.9 Å². The smallest absolute Gasteiger partial charge is 0.165 e. The van der Waals surface area contributed by atoms with Gasteiger partial charge in [0.05, 0.1) is 0 Å². The highest BCUT2D eigenvalue weighted by Gasteiger charge is 2.10. The first-order chi connectivity index (χ1) is 14.7. The van der Waals surface area contributed by atoms with Crippen molar-refractivity contribution < 1.29 is 27.9 Å². The Morgan fingerprint density at radius 3 is 2.83 bits per heavy atom. The fourth-order valence-electron chi connectivity index (χ4n) is 2.89. The molecule has 7 nitrogen and oxygen atoms in total. The molecule has 0 unspecified atom stereocenters. The molecule has 0 saturated heterocycles. The molecule has 30 heavy (non-hydrogen) atoms. The lowest BCUT2D eigenvalue weighted by atomic mass is 10.2. The Kier molecular flexibility index (Phi) is 6.26. The van der Waals surface area contributed by atoms with Gasteiger partial charge in [-0.3, -0.25) is 0 Å². The van der Waals surface area contributed by atoms with Gasteiger partial charge in [-0.1, -0.05) is 17.3 Å². The van der Waals surface area contributed by atoms with E-state index in [-0.39, 0.29) is 12.4 Å². The number of rotatable bonds is 10. The lowest BCUT2D eigenvalue weighted by Crippen LogP contribution is -2.33. The van der Waals surface area contributed by atoms with Crippen molar-refractivity contribution in [3.8, 4) is 23.0 Å². The molecule has 2 aromatic heterocycles. The van der Waals surface area contributed by atoms with E-state index in [4.69, 9.17) is 18.4 Å². The van der Waals surface area contributed by atoms with Crippen LogP contribution in [0.3, 0.4) is 0 Å². The number of nitrogens with zero attached hydrogens (tertiary/aromatic N) is 1. The number of halogens is 1. The number of hydrogen-bond donors (Lipinski definition) is 2. The maximum atomic E-state index is 13.5. The van der Waals surface area contributed by atoms with Crippen LogP contribution in [0.4, 0.5) is 4.39 Å². The largest absolute Gasteiger partial charge is 0.492 e. The number of furan rings is 1. The highest BCUT2D eigenvalue weighted by molar-refractivity contribution is 5.83. The third-order valence-corrected chi connectivity index (χ3v) is 4.37. The maximum absolute atomic E-state index is 13.5. The number of nitrogens with one attached hydrogen (secondary N) is 1. The third kappa shape index (κ3) is 4.97. The first kappa shape index (κ1) is 19.9. The van der Waals surface area contributed by atoms with Crippen molar-refractivity contribution in [3.05, 3.63) is 66.7 Å². The summed E-state index contributed by atoms with van der Waals surface area (Å²) < 4.78 is 35.1. The van der Waals surface area contributed by atoms with Gasteiger partial charge >= 0.3 is 0 Å². The fourth-order valence-corrected chi connectivity index (χ4v) is 2.89. The molecular weight excluding hydrogens is 391 g/mol. The van der Waals surface area contributed by atoms with Crippen molar-refractivity contribution in [3.63, 3.8) is 0 Å². The van der Waals surface area contributed by atoms with E-state index in [0.29, 0.717) is 36.9 Å². The molecular formula is C22H21FN2O5. The van der Waals surface area contributed by atoms with Gasteiger partial charge < -0.3 is 28.8 Å². The van der Waals surface area contributed by atoms with Gasteiger partial charge in [-0.25, -0.2) is 4.39 Å².